The minimum atomic E-state index is 0.200. The number of amidine groups is 1. The number of aliphatic imine (C=N–C) groups is 1. The molecule has 1 unspecified atom stereocenters. The fraction of sp³-hybridized carbons (Fsp3) is 0.421. The van der Waals surface area contributed by atoms with Crippen LogP contribution in [0.1, 0.15) is 24.8 Å². The highest BCUT2D eigenvalue weighted by molar-refractivity contribution is 9.10. The van der Waals surface area contributed by atoms with Crippen LogP contribution in [0.5, 0.6) is 5.75 Å². The molecule has 0 amide bonds. The lowest BCUT2D eigenvalue weighted by Crippen LogP contribution is -2.27. The molecule has 0 bridgehead atoms. The maximum Gasteiger partial charge on any atom is 0.132 e. The molecule has 2 heterocycles. The fourth-order valence-electron chi connectivity index (χ4n) is 3.25. The molecule has 24 heavy (non-hydrogen) atoms. The van der Waals surface area contributed by atoms with Gasteiger partial charge in [-0.2, -0.15) is 0 Å². The van der Waals surface area contributed by atoms with E-state index in [4.69, 9.17) is 9.47 Å². The van der Waals surface area contributed by atoms with Crippen LogP contribution >= 0.6 is 15.9 Å². The van der Waals surface area contributed by atoms with Crippen LogP contribution < -0.4 is 10.1 Å². The Hall–Kier alpha value is -1.59. The summed E-state index contributed by atoms with van der Waals surface area (Å²) in [5, 5.41) is 5.70. The molecule has 2 aliphatic heterocycles. The quantitative estimate of drug-likeness (QED) is 0.863. The van der Waals surface area contributed by atoms with Gasteiger partial charge in [0.1, 0.15) is 18.2 Å². The number of hydrogen-bond donors (Lipinski definition) is 1. The van der Waals surface area contributed by atoms with Gasteiger partial charge in [-0.1, -0.05) is 22.0 Å². The van der Waals surface area contributed by atoms with E-state index in [1.165, 1.54) is 17.2 Å². The highest BCUT2D eigenvalue weighted by Crippen LogP contribution is 2.29. The molecule has 0 aromatic heterocycles. The van der Waals surface area contributed by atoms with Gasteiger partial charge in [-0.3, -0.25) is 4.99 Å². The molecule has 0 spiro atoms. The molecular formula is C19H21BrN2O2. The van der Waals surface area contributed by atoms with E-state index in [0.29, 0.717) is 6.61 Å². The van der Waals surface area contributed by atoms with Crippen molar-refractivity contribution in [3.63, 3.8) is 0 Å². The molecule has 1 atom stereocenters. The SMILES string of the molecule is Brc1ccc2cc(OCC3CCCCO3)c(C3=NCCN3)cc2c1. The Morgan fingerprint density at radius 2 is 2.17 bits per heavy atom. The third kappa shape index (κ3) is 3.42. The Morgan fingerprint density at radius 3 is 2.96 bits per heavy atom. The molecule has 2 aromatic rings. The van der Waals surface area contributed by atoms with Crippen molar-refractivity contribution in [2.24, 2.45) is 4.99 Å². The predicted octanol–water partition coefficient (Wildman–Crippen LogP) is 3.90. The zero-order chi connectivity index (χ0) is 16.4. The molecule has 0 aliphatic carbocycles. The Morgan fingerprint density at radius 1 is 1.21 bits per heavy atom. The molecule has 1 fully saturated rings. The molecule has 4 rings (SSSR count). The predicted molar refractivity (Wildman–Crippen MR) is 100 cm³/mol. The summed E-state index contributed by atoms with van der Waals surface area (Å²) >= 11 is 3.55. The molecule has 0 saturated carbocycles. The van der Waals surface area contributed by atoms with Crippen LogP contribution in [0, 0.1) is 0 Å². The summed E-state index contributed by atoms with van der Waals surface area (Å²) in [7, 11) is 0. The molecule has 1 saturated heterocycles. The summed E-state index contributed by atoms with van der Waals surface area (Å²) in [5.74, 6) is 1.81. The Kier molecular flexibility index (Phi) is 4.72. The normalized spacial score (nSPS) is 20.7. The largest absolute Gasteiger partial charge is 0.490 e. The lowest BCUT2D eigenvalue weighted by molar-refractivity contribution is -0.0110. The Labute approximate surface area is 150 Å². The van der Waals surface area contributed by atoms with Crippen LogP contribution in [0.4, 0.5) is 0 Å². The summed E-state index contributed by atoms with van der Waals surface area (Å²) in [6, 6.07) is 10.6. The summed E-state index contributed by atoms with van der Waals surface area (Å²) < 4.78 is 13.0. The van der Waals surface area contributed by atoms with Crippen molar-refractivity contribution in [3.8, 4) is 5.75 Å². The number of rotatable bonds is 4. The number of nitrogens with one attached hydrogen (secondary N) is 1. The molecule has 126 valence electrons. The average molecular weight is 389 g/mol. The molecule has 2 aliphatic rings. The second-order valence-corrected chi connectivity index (χ2v) is 7.21. The van der Waals surface area contributed by atoms with Gasteiger partial charge in [0.05, 0.1) is 18.2 Å². The van der Waals surface area contributed by atoms with Gasteiger partial charge in [0.2, 0.25) is 0 Å². The van der Waals surface area contributed by atoms with Crippen LogP contribution in [0.25, 0.3) is 10.8 Å². The van der Waals surface area contributed by atoms with Crippen molar-refractivity contribution >= 4 is 32.5 Å². The number of nitrogens with zero attached hydrogens (tertiary/aromatic N) is 1. The lowest BCUT2D eigenvalue weighted by atomic mass is 10.0. The standard InChI is InChI=1S/C19H21BrN2O2/c20-15-5-4-13-11-18(24-12-16-3-1-2-8-23-16)17(10-14(13)9-15)19-21-6-7-22-19/h4-5,9-11,16H,1-3,6-8,12H2,(H,21,22). The maximum atomic E-state index is 6.17. The van der Waals surface area contributed by atoms with E-state index in [1.54, 1.807) is 0 Å². The topological polar surface area (TPSA) is 42.9 Å². The van der Waals surface area contributed by atoms with Crippen molar-refractivity contribution in [1.82, 2.24) is 5.32 Å². The number of fused-ring (bicyclic) bond motifs is 1. The molecular weight excluding hydrogens is 368 g/mol. The Bertz CT molecular complexity index is 769. The van der Waals surface area contributed by atoms with E-state index >= 15 is 0 Å². The minimum Gasteiger partial charge on any atom is -0.490 e. The first-order valence-electron chi connectivity index (χ1n) is 8.56. The van der Waals surface area contributed by atoms with E-state index in [0.717, 1.165) is 54.2 Å². The monoisotopic (exact) mass is 388 g/mol. The van der Waals surface area contributed by atoms with Crippen LogP contribution in [0.15, 0.2) is 39.8 Å². The first-order chi connectivity index (χ1) is 11.8. The fourth-order valence-corrected chi connectivity index (χ4v) is 3.63. The zero-order valence-corrected chi connectivity index (χ0v) is 15.1. The van der Waals surface area contributed by atoms with Gasteiger partial charge in [-0.25, -0.2) is 0 Å². The molecule has 1 N–H and O–H groups in total. The second kappa shape index (κ2) is 7.11. The van der Waals surface area contributed by atoms with Gasteiger partial charge in [0, 0.05) is 17.6 Å². The van der Waals surface area contributed by atoms with Crippen molar-refractivity contribution in [3.05, 3.63) is 40.4 Å². The van der Waals surface area contributed by atoms with Gasteiger partial charge < -0.3 is 14.8 Å². The lowest BCUT2D eigenvalue weighted by Gasteiger charge is -2.23. The highest BCUT2D eigenvalue weighted by atomic mass is 79.9. The zero-order valence-electron chi connectivity index (χ0n) is 13.6. The third-order valence-electron chi connectivity index (χ3n) is 4.53. The number of halogens is 1. The van der Waals surface area contributed by atoms with E-state index in [-0.39, 0.29) is 6.10 Å². The smallest absolute Gasteiger partial charge is 0.132 e. The summed E-state index contributed by atoms with van der Waals surface area (Å²) in [4.78, 5) is 4.57. The van der Waals surface area contributed by atoms with E-state index in [9.17, 15) is 0 Å². The van der Waals surface area contributed by atoms with Crippen LogP contribution in [-0.2, 0) is 4.74 Å². The van der Waals surface area contributed by atoms with Gasteiger partial charge >= 0.3 is 0 Å². The molecule has 5 heteroatoms. The van der Waals surface area contributed by atoms with E-state index < -0.39 is 0 Å². The molecule has 2 aromatic carbocycles. The number of ether oxygens (including phenoxy) is 2. The minimum absolute atomic E-state index is 0.200. The van der Waals surface area contributed by atoms with Gasteiger partial charge in [0.25, 0.3) is 0 Å². The third-order valence-corrected chi connectivity index (χ3v) is 5.02. The maximum absolute atomic E-state index is 6.17. The van der Waals surface area contributed by atoms with Crippen LogP contribution in [0.2, 0.25) is 0 Å². The summed E-state index contributed by atoms with van der Waals surface area (Å²) in [6.45, 7) is 3.15. The number of hydrogen-bond acceptors (Lipinski definition) is 4. The van der Waals surface area contributed by atoms with Gasteiger partial charge in [-0.15, -0.1) is 0 Å². The summed E-state index contributed by atoms with van der Waals surface area (Å²) in [6.07, 6.45) is 3.66. The van der Waals surface area contributed by atoms with E-state index in [2.05, 4.69) is 56.6 Å². The van der Waals surface area contributed by atoms with Crippen molar-refractivity contribution in [2.75, 3.05) is 26.3 Å². The number of benzene rings is 2. The molecule has 0 radical (unpaired) electrons. The van der Waals surface area contributed by atoms with Gasteiger partial charge in [-0.05, 0) is 54.3 Å². The highest BCUT2D eigenvalue weighted by Gasteiger charge is 2.18. The first kappa shape index (κ1) is 15.9. The second-order valence-electron chi connectivity index (χ2n) is 6.30. The molecule has 4 nitrogen and oxygen atoms in total. The van der Waals surface area contributed by atoms with Gasteiger partial charge in [0.15, 0.2) is 0 Å². The van der Waals surface area contributed by atoms with Crippen molar-refractivity contribution in [1.29, 1.82) is 0 Å². The average Bonchev–Trinajstić information content (AvgIpc) is 3.14. The first-order valence-corrected chi connectivity index (χ1v) is 9.35. The summed E-state index contributed by atoms with van der Waals surface area (Å²) in [5.41, 5.74) is 1.04. The van der Waals surface area contributed by atoms with Crippen molar-refractivity contribution < 1.29 is 9.47 Å². The van der Waals surface area contributed by atoms with E-state index in [1.807, 2.05) is 0 Å². The Balaban J connectivity index is 1.65. The van der Waals surface area contributed by atoms with Crippen LogP contribution in [-0.4, -0.2) is 38.2 Å². The van der Waals surface area contributed by atoms with Crippen LogP contribution in [0.3, 0.4) is 0 Å². The van der Waals surface area contributed by atoms with Crippen molar-refractivity contribution in [2.45, 2.75) is 25.4 Å².